The first-order valence-electron chi connectivity index (χ1n) is 15.9. The number of aliphatic hydroxyl groups is 4. The molecule has 2 fully saturated rings. The van der Waals surface area contributed by atoms with Crippen LogP contribution in [0.1, 0.15) is 22.6 Å². The fourth-order valence-electron chi connectivity index (χ4n) is 7.32. The standard InChI is InChI=1S/C35H42N2O12/c1-43-21-11-9-20(10-12-21)35-28(19-7-5-4-6-8-19)27(31(41)37-14-13-36)30(40)34(35,42)29-24(44-2)15-22(16-25(29)49-35)47-33-32(45-3)46-18-26(48-33)23(39)17-38/h4-12,15-16,23,26-28,30,32-33,38-40,42H,13-14,17-18,36H2,1-3H3,(H,37,41)/t23-,26-,27-,28-,30-,32-,33-,34+,35+/m1/s1. The van der Waals surface area contributed by atoms with Crippen molar-refractivity contribution in [2.24, 2.45) is 11.7 Å². The Balaban J connectivity index is 1.52. The molecular weight excluding hydrogens is 640 g/mol. The summed E-state index contributed by atoms with van der Waals surface area (Å²) in [6.07, 6.45) is -6.02. The van der Waals surface area contributed by atoms with Crippen LogP contribution in [-0.2, 0) is 30.2 Å². The molecule has 7 N–H and O–H groups in total. The van der Waals surface area contributed by atoms with Crippen molar-refractivity contribution in [3.63, 3.8) is 0 Å². The van der Waals surface area contributed by atoms with E-state index in [1.807, 2.05) is 30.3 Å². The van der Waals surface area contributed by atoms with Gasteiger partial charge in [0.2, 0.25) is 12.2 Å². The summed E-state index contributed by atoms with van der Waals surface area (Å²) in [6.45, 7) is -0.271. The van der Waals surface area contributed by atoms with Crippen molar-refractivity contribution in [1.29, 1.82) is 0 Å². The summed E-state index contributed by atoms with van der Waals surface area (Å²) in [4.78, 5) is 13.9. The fourth-order valence-corrected chi connectivity index (χ4v) is 7.32. The highest BCUT2D eigenvalue weighted by Crippen LogP contribution is 2.70. The van der Waals surface area contributed by atoms with Crippen LogP contribution >= 0.6 is 0 Å². The zero-order chi connectivity index (χ0) is 34.9. The number of nitrogens with one attached hydrogen (secondary N) is 1. The molecule has 0 radical (unpaired) electrons. The molecule has 49 heavy (non-hydrogen) atoms. The van der Waals surface area contributed by atoms with Gasteiger partial charge in [-0.25, -0.2) is 0 Å². The van der Waals surface area contributed by atoms with E-state index in [2.05, 4.69) is 5.32 Å². The lowest BCUT2D eigenvalue weighted by atomic mass is 9.70. The van der Waals surface area contributed by atoms with E-state index < -0.39 is 66.4 Å². The number of carbonyl (C=O) groups excluding carboxylic acids is 1. The van der Waals surface area contributed by atoms with Crippen LogP contribution in [0.15, 0.2) is 66.7 Å². The highest BCUT2D eigenvalue weighted by molar-refractivity contribution is 5.83. The van der Waals surface area contributed by atoms with E-state index in [1.54, 1.807) is 24.3 Å². The molecule has 0 bridgehead atoms. The minimum absolute atomic E-state index is 0.0487. The maximum Gasteiger partial charge on any atom is 0.251 e. The van der Waals surface area contributed by atoms with Crippen molar-refractivity contribution in [2.45, 2.75) is 48.0 Å². The fraction of sp³-hybridized carbons (Fsp3) is 0.457. The molecule has 3 aliphatic rings. The number of fused-ring (bicyclic) bond motifs is 3. The molecule has 2 aliphatic heterocycles. The third-order valence-electron chi connectivity index (χ3n) is 9.52. The molecule has 1 saturated carbocycles. The third kappa shape index (κ3) is 5.67. The largest absolute Gasteiger partial charge is 0.497 e. The number of nitrogens with two attached hydrogens (primary N) is 1. The van der Waals surface area contributed by atoms with Crippen molar-refractivity contribution >= 4 is 5.91 Å². The number of hydrogen-bond donors (Lipinski definition) is 6. The van der Waals surface area contributed by atoms with Crippen molar-refractivity contribution in [2.75, 3.05) is 47.6 Å². The van der Waals surface area contributed by atoms with Gasteiger partial charge in [-0.3, -0.25) is 4.79 Å². The Morgan fingerprint density at radius 1 is 1.04 bits per heavy atom. The van der Waals surface area contributed by atoms with Gasteiger partial charge in [-0.05, 0) is 23.3 Å². The zero-order valence-corrected chi connectivity index (χ0v) is 27.4. The molecule has 0 unspecified atom stereocenters. The number of carbonyl (C=O) groups is 1. The number of rotatable bonds is 12. The van der Waals surface area contributed by atoms with Gasteiger partial charge < -0.3 is 64.6 Å². The van der Waals surface area contributed by atoms with E-state index >= 15 is 0 Å². The van der Waals surface area contributed by atoms with Crippen LogP contribution in [0, 0.1) is 5.92 Å². The number of methoxy groups -OCH3 is 3. The molecule has 6 rings (SSSR count). The van der Waals surface area contributed by atoms with Gasteiger partial charge in [0.05, 0.1) is 38.9 Å². The molecule has 0 spiro atoms. The Labute approximate surface area is 283 Å². The lowest BCUT2D eigenvalue weighted by molar-refractivity contribution is -0.324. The molecule has 264 valence electrons. The van der Waals surface area contributed by atoms with E-state index in [-0.39, 0.29) is 42.5 Å². The summed E-state index contributed by atoms with van der Waals surface area (Å²) in [6, 6.07) is 19.0. The second-order valence-corrected chi connectivity index (χ2v) is 12.1. The van der Waals surface area contributed by atoms with E-state index in [1.165, 1.54) is 33.5 Å². The molecule has 1 amide bonds. The second kappa shape index (κ2) is 14.1. The Hall–Kier alpha value is -3.99. The van der Waals surface area contributed by atoms with E-state index in [0.29, 0.717) is 16.9 Å². The first kappa shape index (κ1) is 34.9. The van der Waals surface area contributed by atoms with Crippen LogP contribution < -0.4 is 30.0 Å². The molecule has 3 aromatic carbocycles. The smallest absolute Gasteiger partial charge is 0.251 e. The molecule has 1 saturated heterocycles. The minimum Gasteiger partial charge on any atom is -0.497 e. The first-order valence-corrected chi connectivity index (χ1v) is 15.9. The molecule has 0 aromatic heterocycles. The SMILES string of the molecule is COc1ccc([C@@]23Oc4cc(O[C@@H]5O[C@@H]([C@H](O)CO)CO[C@H]5OC)cc(OC)c4[C@]2(O)[C@H](O)[C@H](C(=O)NCCN)[C@H]3c2ccccc2)cc1. The zero-order valence-electron chi connectivity index (χ0n) is 27.4. The summed E-state index contributed by atoms with van der Waals surface area (Å²) in [7, 11) is 4.33. The maximum atomic E-state index is 13.9. The highest BCUT2D eigenvalue weighted by Gasteiger charge is 2.78. The monoisotopic (exact) mass is 682 g/mol. The second-order valence-electron chi connectivity index (χ2n) is 12.1. The van der Waals surface area contributed by atoms with Gasteiger partial charge in [-0.15, -0.1) is 0 Å². The minimum atomic E-state index is -2.25. The van der Waals surface area contributed by atoms with Gasteiger partial charge in [-0.1, -0.05) is 42.5 Å². The van der Waals surface area contributed by atoms with Gasteiger partial charge in [0.15, 0.2) is 11.2 Å². The highest BCUT2D eigenvalue weighted by atomic mass is 16.8. The molecule has 1 aliphatic carbocycles. The predicted octanol–water partition coefficient (Wildman–Crippen LogP) is 0.475. The first-order chi connectivity index (χ1) is 23.7. The molecule has 2 heterocycles. The molecule has 3 aromatic rings. The van der Waals surface area contributed by atoms with Gasteiger partial charge in [0, 0.05) is 38.2 Å². The number of benzene rings is 3. The number of aliphatic hydroxyl groups excluding tert-OH is 3. The van der Waals surface area contributed by atoms with E-state index in [9.17, 15) is 25.2 Å². The van der Waals surface area contributed by atoms with Crippen LogP contribution in [0.5, 0.6) is 23.0 Å². The van der Waals surface area contributed by atoms with Crippen molar-refractivity contribution in [3.8, 4) is 23.0 Å². The van der Waals surface area contributed by atoms with Crippen LogP contribution in [0.2, 0.25) is 0 Å². The summed E-state index contributed by atoms with van der Waals surface area (Å²) in [5, 5.41) is 47.9. The Bertz CT molecular complexity index is 1610. The number of hydrogen-bond acceptors (Lipinski definition) is 13. The Kier molecular flexibility index (Phi) is 10.0. The van der Waals surface area contributed by atoms with Crippen molar-refractivity contribution in [3.05, 3.63) is 83.4 Å². The van der Waals surface area contributed by atoms with Crippen molar-refractivity contribution < 1.29 is 58.4 Å². The summed E-state index contributed by atoms with van der Waals surface area (Å²) >= 11 is 0. The predicted molar refractivity (Wildman–Crippen MR) is 172 cm³/mol. The third-order valence-corrected chi connectivity index (χ3v) is 9.52. The number of amides is 1. The topological polar surface area (TPSA) is 201 Å². The van der Waals surface area contributed by atoms with Gasteiger partial charge in [0.25, 0.3) is 6.29 Å². The molecular formula is C35H42N2O12. The average Bonchev–Trinajstić information content (AvgIpc) is 3.51. The van der Waals surface area contributed by atoms with Crippen molar-refractivity contribution in [1.82, 2.24) is 5.32 Å². The molecule has 9 atom stereocenters. The molecule has 14 heteroatoms. The maximum absolute atomic E-state index is 13.9. The van der Waals surface area contributed by atoms with Crippen LogP contribution in [0.25, 0.3) is 0 Å². The van der Waals surface area contributed by atoms with Crippen LogP contribution in [-0.4, -0.2) is 105 Å². The average molecular weight is 683 g/mol. The van der Waals surface area contributed by atoms with Gasteiger partial charge >= 0.3 is 0 Å². The lowest BCUT2D eigenvalue weighted by Gasteiger charge is -2.40. The molecule has 14 nitrogen and oxygen atoms in total. The lowest BCUT2D eigenvalue weighted by Crippen LogP contribution is -2.52. The summed E-state index contributed by atoms with van der Waals surface area (Å²) < 4.78 is 41.2. The Morgan fingerprint density at radius 3 is 2.41 bits per heavy atom. The van der Waals surface area contributed by atoms with Crippen LogP contribution in [0.3, 0.4) is 0 Å². The number of ether oxygens (including phenoxy) is 7. The quantitative estimate of drug-likeness (QED) is 0.154. The Morgan fingerprint density at radius 2 is 1.78 bits per heavy atom. The van der Waals surface area contributed by atoms with E-state index in [4.69, 9.17) is 38.9 Å². The van der Waals surface area contributed by atoms with Gasteiger partial charge in [0.1, 0.15) is 41.3 Å². The van der Waals surface area contributed by atoms with E-state index in [0.717, 1.165) is 0 Å². The summed E-state index contributed by atoms with van der Waals surface area (Å²) in [5.74, 6) is -1.72. The van der Waals surface area contributed by atoms with Crippen LogP contribution in [0.4, 0.5) is 0 Å². The summed E-state index contributed by atoms with van der Waals surface area (Å²) in [5.41, 5.74) is 2.88. The van der Waals surface area contributed by atoms with Gasteiger partial charge in [-0.2, -0.15) is 0 Å². The normalized spacial score (nSPS) is 30.9.